The third-order valence-corrected chi connectivity index (χ3v) is 8.34. The molecule has 0 aromatic heterocycles. The van der Waals surface area contributed by atoms with E-state index in [1.807, 2.05) is 59.5 Å². The van der Waals surface area contributed by atoms with Crippen LogP contribution >= 0.6 is 0 Å². The summed E-state index contributed by atoms with van der Waals surface area (Å²) in [5.41, 5.74) is 1.72. The van der Waals surface area contributed by atoms with Crippen LogP contribution in [-0.2, 0) is 14.8 Å². The van der Waals surface area contributed by atoms with Crippen LogP contribution in [0.3, 0.4) is 0 Å². The molecule has 9 heteroatoms. The molecule has 1 saturated heterocycles. The number of nitrogens with zero attached hydrogens (tertiary/aromatic N) is 3. The molecule has 0 bridgehead atoms. The number of benzene rings is 3. The number of sulfonamides is 1. The average molecular weight is 496 g/mol. The molecule has 0 aliphatic carbocycles. The van der Waals surface area contributed by atoms with Crippen molar-refractivity contribution in [2.75, 3.05) is 44.2 Å². The average Bonchev–Trinajstić information content (AvgIpc) is 2.89. The number of halogens is 1. The van der Waals surface area contributed by atoms with Gasteiger partial charge in [0.1, 0.15) is 18.2 Å². The Hall–Kier alpha value is -3.27. The SMILES string of the molecule is O=C(CN1CCN(S(=O)(=O)c2ccc(F)cc2)CC1)N1c2ccccc2OCC1c1ccccc1. The van der Waals surface area contributed by atoms with Crippen LogP contribution in [0.1, 0.15) is 11.6 Å². The Bertz CT molecular complexity index is 1290. The normalized spacial score (nSPS) is 19.1. The number of para-hydroxylation sites is 2. The fourth-order valence-corrected chi connectivity index (χ4v) is 5.99. The number of fused-ring (bicyclic) bond motifs is 1. The van der Waals surface area contributed by atoms with Gasteiger partial charge in [-0.1, -0.05) is 42.5 Å². The third-order valence-electron chi connectivity index (χ3n) is 6.43. The molecule has 3 aromatic carbocycles. The molecule has 3 aromatic rings. The smallest absolute Gasteiger partial charge is 0.243 e. The number of carbonyl (C=O) groups excluding carboxylic acids is 1. The predicted molar refractivity (Wildman–Crippen MR) is 130 cm³/mol. The molecule has 0 saturated carbocycles. The van der Waals surface area contributed by atoms with E-state index in [1.54, 1.807) is 4.90 Å². The Kier molecular flexibility index (Phi) is 6.55. The lowest BCUT2D eigenvalue weighted by Gasteiger charge is -2.39. The molecule has 5 rings (SSSR count). The summed E-state index contributed by atoms with van der Waals surface area (Å²) in [5, 5.41) is 0. The third kappa shape index (κ3) is 4.80. The highest BCUT2D eigenvalue weighted by molar-refractivity contribution is 7.89. The molecular weight excluding hydrogens is 469 g/mol. The highest BCUT2D eigenvalue weighted by Crippen LogP contribution is 2.39. The van der Waals surface area contributed by atoms with Gasteiger partial charge in [-0.2, -0.15) is 4.31 Å². The van der Waals surface area contributed by atoms with Gasteiger partial charge in [0, 0.05) is 26.2 Å². The molecule has 0 N–H and O–H groups in total. The number of hydrogen-bond donors (Lipinski definition) is 0. The van der Waals surface area contributed by atoms with E-state index in [0.29, 0.717) is 25.4 Å². The van der Waals surface area contributed by atoms with Gasteiger partial charge in [0.25, 0.3) is 0 Å². The van der Waals surface area contributed by atoms with Crippen LogP contribution in [0.2, 0.25) is 0 Å². The first-order chi connectivity index (χ1) is 16.9. The maximum atomic E-state index is 13.6. The molecule has 2 heterocycles. The van der Waals surface area contributed by atoms with E-state index in [1.165, 1.54) is 16.4 Å². The summed E-state index contributed by atoms with van der Waals surface area (Å²) in [6, 6.07) is 21.9. The van der Waals surface area contributed by atoms with E-state index in [9.17, 15) is 17.6 Å². The minimum atomic E-state index is -3.71. The first-order valence-corrected chi connectivity index (χ1v) is 12.9. The predicted octanol–water partition coefficient (Wildman–Crippen LogP) is 3.30. The van der Waals surface area contributed by atoms with Crippen molar-refractivity contribution in [2.24, 2.45) is 0 Å². The van der Waals surface area contributed by atoms with Gasteiger partial charge in [-0.25, -0.2) is 12.8 Å². The molecular formula is C26H26FN3O4S. The fraction of sp³-hybridized carbons (Fsp3) is 0.269. The Labute approximate surface area is 204 Å². The monoisotopic (exact) mass is 495 g/mol. The lowest BCUT2D eigenvalue weighted by atomic mass is 10.0. The van der Waals surface area contributed by atoms with Gasteiger partial charge >= 0.3 is 0 Å². The second-order valence-corrected chi connectivity index (χ2v) is 10.5. The van der Waals surface area contributed by atoms with Gasteiger partial charge < -0.3 is 4.74 Å². The van der Waals surface area contributed by atoms with E-state index in [0.717, 1.165) is 23.4 Å². The summed E-state index contributed by atoms with van der Waals surface area (Å²) in [6.45, 7) is 1.89. The van der Waals surface area contributed by atoms with Gasteiger partial charge in [-0.05, 0) is 42.0 Å². The van der Waals surface area contributed by atoms with E-state index in [4.69, 9.17) is 4.74 Å². The van der Waals surface area contributed by atoms with Crippen LogP contribution in [0.15, 0.2) is 83.8 Å². The maximum Gasteiger partial charge on any atom is 0.243 e. The summed E-state index contributed by atoms with van der Waals surface area (Å²) >= 11 is 0. The van der Waals surface area contributed by atoms with E-state index >= 15 is 0 Å². The summed E-state index contributed by atoms with van der Waals surface area (Å²) in [7, 11) is -3.71. The second kappa shape index (κ2) is 9.77. The van der Waals surface area contributed by atoms with Gasteiger partial charge in [0.15, 0.2) is 0 Å². The number of ether oxygens (including phenoxy) is 1. The molecule has 2 aliphatic heterocycles. The van der Waals surface area contributed by atoms with Crippen molar-refractivity contribution in [3.05, 3.63) is 90.2 Å². The summed E-state index contributed by atoms with van der Waals surface area (Å²) in [5.74, 6) is 0.124. The molecule has 0 spiro atoms. The summed E-state index contributed by atoms with van der Waals surface area (Å²) < 4.78 is 46.4. The quantitative estimate of drug-likeness (QED) is 0.543. The highest BCUT2D eigenvalue weighted by Gasteiger charge is 2.35. The van der Waals surface area contributed by atoms with Gasteiger partial charge in [-0.15, -0.1) is 0 Å². The van der Waals surface area contributed by atoms with Gasteiger partial charge in [-0.3, -0.25) is 14.6 Å². The first-order valence-electron chi connectivity index (χ1n) is 11.5. The first kappa shape index (κ1) is 23.5. The van der Waals surface area contributed by atoms with Gasteiger partial charge in [0.2, 0.25) is 15.9 Å². The largest absolute Gasteiger partial charge is 0.489 e. The van der Waals surface area contributed by atoms with E-state index in [2.05, 4.69) is 0 Å². The van der Waals surface area contributed by atoms with Crippen molar-refractivity contribution in [1.29, 1.82) is 0 Å². The number of rotatable bonds is 5. The van der Waals surface area contributed by atoms with Crippen molar-refractivity contribution < 1.29 is 22.3 Å². The van der Waals surface area contributed by atoms with Crippen molar-refractivity contribution >= 4 is 21.6 Å². The molecule has 1 unspecified atom stereocenters. The van der Waals surface area contributed by atoms with Crippen LogP contribution in [-0.4, -0.2) is 62.9 Å². The minimum absolute atomic E-state index is 0.0653. The number of amides is 1. The zero-order chi connectivity index (χ0) is 24.4. The van der Waals surface area contributed by atoms with Crippen molar-refractivity contribution in [1.82, 2.24) is 9.21 Å². The molecule has 7 nitrogen and oxygen atoms in total. The Morgan fingerprint density at radius 1 is 0.886 bits per heavy atom. The second-order valence-electron chi connectivity index (χ2n) is 8.60. The lowest BCUT2D eigenvalue weighted by molar-refractivity contribution is -0.121. The maximum absolute atomic E-state index is 13.6. The zero-order valence-electron chi connectivity index (χ0n) is 19.1. The molecule has 0 radical (unpaired) electrons. The van der Waals surface area contributed by atoms with Crippen LogP contribution in [0.4, 0.5) is 10.1 Å². The Morgan fingerprint density at radius 3 is 2.26 bits per heavy atom. The molecule has 2 aliphatic rings. The molecule has 1 amide bonds. The van der Waals surface area contributed by atoms with Crippen molar-refractivity contribution in [3.8, 4) is 5.75 Å². The highest BCUT2D eigenvalue weighted by atomic mass is 32.2. The van der Waals surface area contributed by atoms with Gasteiger partial charge in [0.05, 0.1) is 23.2 Å². The molecule has 35 heavy (non-hydrogen) atoms. The summed E-state index contributed by atoms with van der Waals surface area (Å²) in [4.78, 5) is 17.4. The van der Waals surface area contributed by atoms with Crippen LogP contribution in [0, 0.1) is 5.82 Å². The van der Waals surface area contributed by atoms with Crippen molar-refractivity contribution in [2.45, 2.75) is 10.9 Å². The number of piperazine rings is 1. The van der Waals surface area contributed by atoms with Crippen LogP contribution in [0.25, 0.3) is 0 Å². The molecule has 182 valence electrons. The number of hydrogen-bond acceptors (Lipinski definition) is 5. The Morgan fingerprint density at radius 2 is 1.54 bits per heavy atom. The van der Waals surface area contributed by atoms with E-state index in [-0.39, 0.29) is 36.5 Å². The van der Waals surface area contributed by atoms with Crippen LogP contribution in [0.5, 0.6) is 5.75 Å². The van der Waals surface area contributed by atoms with Crippen LogP contribution < -0.4 is 9.64 Å². The standard InChI is InChI=1S/C26H26FN3O4S/c27-21-10-12-22(13-11-21)35(32,33)29-16-14-28(15-17-29)18-26(31)30-23-8-4-5-9-25(23)34-19-24(30)20-6-2-1-3-7-20/h1-13,24H,14-19H2. The lowest BCUT2D eigenvalue weighted by Crippen LogP contribution is -2.52. The fourth-order valence-electron chi connectivity index (χ4n) is 4.57. The summed E-state index contributed by atoms with van der Waals surface area (Å²) in [6.07, 6.45) is 0. The molecule has 1 fully saturated rings. The van der Waals surface area contributed by atoms with E-state index < -0.39 is 15.8 Å². The molecule has 1 atom stereocenters. The topological polar surface area (TPSA) is 70.2 Å². The zero-order valence-corrected chi connectivity index (χ0v) is 19.9. The minimum Gasteiger partial charge on any atom is -0.489 e. The Balaban J connectivity index is 1.30. The number of anilines is 1. The van der Waals surface area contributed by atoms with Crippen molar-refractivity contribution in [3.63, 3.8) is 0 Å². The number of carbonyl (C=O) groups is 1.